The van der Waals surface area contributed by atoms with Crippen LogP contribution in [0, 0.1) is 0 Å². The highest BCUT2D eigenvalue weighted by Crippen LogP contribution is 2.12. The molecule has 0 bridgehead atoms. The number of carbonyl (C=O) groups excluding carboxylic acids is 6. The van der Waals surface area contributed by atoms with Crippen molar-refractivity contribution in [1.29, 1.82) is 0 Å². The van der Waals surface area contributed by atoms with Gasteiger partial charge in [0.05, 0.1) is 19.5 Å². The third-order valence-electron chi connectivity index (χ3n) is 2.64. The topological polar surface area (TPSA) is 151 Å². The van der Waals surface area contributed by atoms with E-state index in [9.17, 15) is 28.8 Å². The fourth-order valence-corrected chi connectivity index (χ4v) is 1.55. The first kappa shape index (κ1) is 18.1. The summed E-state index contributed by atoms with van der Waals surface area (Å²) in [7, 11) is 0. The van der Waals surface area contributed by atoms with Crippen molar-refractivity contribution >= 4 is 36.0 Å². The number of hydroxylamine groups is 2. The molecule has 1 fully saturated rings. The fraction of sp³-hybridized carbons (Fsp3) is 0.500. The van der Waals surface area contributed by atoms with Gasteiger partial charge < -0.3 is 20.8 Å². The van der Waals surface area contributed by atoms with E-state index in [2.05, 4.69) is 20.8 Å². The van der Waals surface area contributed by atoms with E-state index in [0.29, 0.717) is 11.5 Å². The van der Waals surface area contributed by atoms with Crippen molar-refractivity contribution < 1.29 is 33.6 Å². The van der Waals surface area contributed by atoms with Crippen LogP contribution in [-0.4, -0.2) is 60.7 Å². The number of imide groups is 1. The Morgan fingerprint density at radius 1 is 1.04 bits per heavy atom. The van der Waals surface area contributed by atoms with E-state index < -0.39 is 29.6 Å². The van der Waals surface area contributed by atoms with Crippen LogP contribution in [0.3, 0.4) is 0 Å². The Labute approximate surface area is 130 Å². The maximum absolute atomic E-state index is 11.4. The maximum Gasteiger partial charge on any atom is 0.334 e. The van der Waals surface area contributed by atoms with Crippen molar-refractivity contribution in [1.82, 2.24) is 21.0 Å². The maximum atomic E-state index is 11.4. The summed E-state index contributed by atoms with van der Waals surface area (Å²) in [6.07, 6.45) is 0.105. The van der Waals surface area contributed by atoms with Crippen LogP contribution < -0.4 is 16.0 Å². The van der Waals surface area contributed by atoms with Crippen molar-refractivity contribution in [3.8, 4) is 0 Å². The molecule has 5 amide bonds. The zero-order valence-corrected chi connectivity index (χ0v) is 12.1. The van der Waals surface area contributed by atoms with Gasteiger partial charge in [-0.05, 0) is 0 Å². The van der Waals surface area contributed by atoms with Crippen LogP contribution in [0.5, 0.6) is 0 Å². The molecule has 0 unspecified atom stereocenters. The van der Waals surface area contributed by atoms with Crippen molar-refractivity contribution in [2.75, 3.05) is 19.6 Å². The van der Waals surface area contributed by atoms with Gasteiger partial charge in [-0.2, -0.15) is 0 Å². The van der Waals surface area contributed by atoms with Crippen LogP contribution in [0.2, 0.25) is 0 Å². The van der Waals surface area contributed by atoms with Gasteiger partial charge in [0.15, 0.2) is 0 Å². The highest BCUT2D eigenvalue weighted by atomic mass is 16.7. The van der Waals surface area contributed by atoms with E-state index in [-0.39, 0.29) is 38.9 Å². The molecule has 0 aromatic rings. The highest BCUT2D eigenvalue weighted by molar-refractivity contribution is 6.01. The first-order chi connectivity index (χ1) is 10.9. The molecule has 23 heavy (non-hydrogen) atoms. The minimum atomic E-state index is -0.840. The fourth-order valence-electron chi connectivity index (χ4n) is 1.55. The summed E-state index contributed by atoms with van der Waals surface area (Å²) in [5, 5.41) is 7.13. The lowest BCUT2D eigenvalue weighted by atomic mass is 10.4. The molecule has 0 aromatic heterocycles. The summed E-state index contributed by atoms with van der Waals surface area (Å²) < 4.78 is 0. The van der Waals surface area contributed by atoms with Crippen LogP contribution in [0.4, 0.5) is 0 Å². The van der Waals surface area contributed by atoms with Gasteiger partial charge >= 0.3 is 5.97 Å². The number of hydrogen-bond acceptors (Lipinski definition) is 7. The van der Waals surface area contributed by atoms with Gasteiger partial charge in [0.25, 0.3) is 11.8 Å². The number of nitrogens with zero attached hydrogens (tertiary/aromatic N) is 1. The lowest BCUT2D eigenvalue weighted by molar-refractivity contribution is -0.197. The van der Waals surface area contributed by atoms with Crippen molar-refractivity contribution in [3.63, 3.8) is 0 Å². The molecule has 0 aliphatic carbocycles. The quantitative estimate of drug-likeness (QED) is 0.301. The summed E-state index contributed by atoms with van der Waals surface area (Å²) in [5.41, 5.74) is 0. The van der Waals surface area contributed by atoms with Gasteiger partial charge in [-0.25, -0.2) is 4.79 Å². The molecular weight excluding hydrogens is 312 g/mol. The van der Waals surface area contributed by atoms with Crippen LogP contribution in [0.25, 0.3) is 0 Å². The van der Waals surface area contributed by atoms with E-state index in [4.69, 9.17) is 0 Å². The molecule has 0 aromatic carbocycles. The highest BCUT2D eigenvalue weighted by Gasteiger charge is 2.32. The average molecular weight is 328 g/mol. The SMILES string of the molecule is O=CNCC(=O)NCC(=O)NCCC(=O)ON1C(=O)CCC1=O. The molecule has 1 rings (SSSR count). The standard InChI is InChI=1S/C12H16N4O7/c17-7-13-5-8(18)15-6-9(19)14-4-3-12(22)23-16-10(20)1-2-11(16)21/h7H,1-6H2,(H,13,17)(H,14,19)(H,15,18). The molecule has 0 atom stereocenters. The molecule has 1 aliphatic rings. The van der Waals surface area contributed by atoms with Crippen LogP contribution in [0.15, 0.2) is 0 Å². The molecule has 11 nitrogen and oxygen atoms in total. The van der Waals surface area contributed by atoms with E-state index in [1.165, 1.54) is 0 Å². The number of nitrogens with one attached hydrogen (secondary N) is 3. The summed E-state index contributed by atoms with van der Waals surface area (Å²) in [6.45, 7) is -0.658. The Bertz CT molecular complexity index is 504. The summed E-state index contributed by atoms with van der Waals surface area (Å²) in [4.78, 5) is 70.9. The summed E-state index contributed by atoms with van der Waals surface area (Å²) in [6, 6.07) is 0. The number of rotatable bonds is 9. The summed E-state index contributed by atoms with van der Waals surface area (Å²) in [5.74, 6) is -3.10. The lowest BCUT2D eigenvalue weighted by Gasteiger charge is -2.12. The first-order valence-electron chi connectivity index (χ1n) is 6.71. The molecule has 0 spiro atoms. The Hall–Kier alpha value is -2.98. The normalized spacial score (nSPS) is 13.5. The van der Waals surface area contributed by atoms with Crippen LogP contribution in [-0.2, 0) is 33.6 Å². The number of hydrogen-bond donors (Lipinski definition) is 3. The van der Waals surface area contributed by atoms with Gasteiger partial charge in [0, 0.05) is 19.4 Å². The molecule has 11 heteroatoms. The van der Waals surface area contributed by atoms with Gasteiger partial charge in [-0.1, -0.05) is 0 Å². The minimum absolute atomic E-state index is 0.00150. The van der Waals surface area contributed by atoms with E-state index in [1.54, 1.807) is 0 Å². The molecule has 126 valence electrons. The van der Waals surface area contributed by atoms with E-state index in [1.807, 2.05) is 0 Å². The first-order valence-corrected chi connectivity index (χ1v) is 6.71. The molecule has 0 saturated carbocycles. The predicted octanol–water partition coefficient (Wildman–Crippen LogP) is -3.04. The zero-order chi connectivity index (χ0) is 17.2. The second-order valence-electron chi connectivity index (χ2n) is 4.42. The Balaban J connectivity index is 2.15. The van der Waals surface area contributed by atoms with Crippen LogP contribution >= 0.6 is 0 Å². The molecule has 1 heterocycles. The largest absolute Gasteiger partial charge is 0.354 e. The molecule has 3 N–H and O–H groups in total. The smallest absolute Gasteiger partial charge is 0.334 e. The number of carbonyl (C=O) groups is 6. The molecule has 1 saturated heterocycles. The predicted molar refractivity (Wildman–Crippen MR) is 71.9 cm³/mol. The lowest BCUT2D eigenvalue weighted by Crippen LogP contribution is -2.41. The van der Waals surface area contributed by atoms with Crippen molar-refractivity contribution in [3.05, 3.63) is 0 Å². The molecule has 0 radical (unpaired) electrons. The van der Waals surface area contributed by atoms with Crippen molar-refractivity contribution in [2.24, 2.45) is 0 Å². The third-order valence-corrected chi connectivity index (χ3v) is 2.64. The molecule has 1 aliphatic heterocycles. The van der Waals surface area contributed by atoms with Gasteiger partial charge in [0.1, 0.15) is 0 Å². The second kappa shape index (κ2) is 9.12. The summed E-state index contributed by atoms with van der Waals surface area (Å²) >= 11 is 0. The Kier molecular flexibility index (Phi) is 7.17. The second-order valence-corrected chi connectivity index (χ2v) is 4.42. The van der Waals surface area contributed by atoms with E-state index in [0.717, 1.165) is 0 Å². The Morgan fingerprint density at radius 2 is 1.65 bits per heavy atom. The molecular formula is C12H16N4O7. The van der Waals surface area contributed by atoms with Gasteiger partial charge in [-0.3, -0.25) is 24.0 Å². The van der Waals surface area contributed by atoms with E-state index >= 15 is 0 Å². The van der Waals surface area contributed by atoms with Crippen molar-refractivity contribution in [2.45, 2.75) is 19.3 Å². The van der Waals surface area contributed by atoms with Gasteiger partial charge in [0.2, 0.25) is 18.2 Å². The zero-order valence-electron chi connectivity index (χ0n) is 12.1. The Morgan fingerprint density at radius 3 is 2.26 bits per heavy atom. The van der Waals surface area contributed by atoms with Gasteiger partial charge in [-0.15, -0.1) is 5.06 Å². The third kappa shape index (κ3) is 6.54. The van der Waals surface area contributed by atoms with Crippen LogP contribution in [0.1, 0.15) is 19.3 Å². The average Bonchev–Trinajstić information content (AvgIpc) is 2.82. The number of amides is 5. The monoisotopic (exact) mass is 328 g/mol. The minimum Gasteiger partial charge on any atom is -0.354 e.